The number of likely N-dealkylation sites (tertiary alicyclic amines) is 1. The van der Waals surface area contributed by atoms with Crippen LogP contribution >= 0.6 is 11.7 Å². The van der Waals surface area contributed by atoms with E-state index in [0.717, 1.165) is 42.7 Å². The molecule has 3 aromatic rings. The van der Waals surface area contributed by atoms with Gasteiger partial charge in [0.15, 0.2) is 17.4 Å². The predicted octanol–water partition coefficient (Wildman–Crippen LogP) is 6.27. The van der Waals surface area contributed by atoms with Gasteiger partial charge in [-0.1, -0.05) is 20.8 Å². The van der Waals surface area contributed by atoms with Gasteiger partial charge in [0.25, 0.3) is 5.91 Å². The Morgan fingerprint density at radius 2 is 1.80 bits per heavy atom. The Balaban J connectivity index is 1.66. The van der Waals surface area contributed by atoms with E-state index in [4.69, 9.17) is 4.42 Å². The lowest BCUT2D eigenvalue weighted by molar-refractivity contribution is -0.138. The van der Waals surface area contributed by atoms with Crippen molar-refractivity contribution in [1.82, 2.24) is 18.5 Å². The normalized spacial score (nSPS) is 16.1. The average Bonchev–Trinajstić information content (AvgIpc) is 3.50. The van der Waals surface area contributed by atoms with Crippen LogP contribution in [0, 0.1) is 12.3 Å². The monoisotopic (exact) mass is 580 g/mol. The van der Waals surface area contributed by atoms with Crippen molar-refractivity contribution >= 4 is 35.0 Å². The van der Waals surface area contributed by atoms with E-state index in [2.05, 4.69) is 24.3 Å². The molecule has 1 saturated heterocycles. The topological polar surface area (TPSA) is 107 Å². The zero-order valence-corrected chi connectivity index (χ0v) is 24.2. The Morgan fingerprint density at radius 1 is 1.15 bits per heavy atom. The first kappa shape index (κ1) is 29.7. The summed E-state index contributed by atoms with van der Waals surface area (Å²) >= 11 is 0.890. The molecule has 0 spiro atoms. The molecule has 1 aliphatic heterocycles. The SMILES string of the molecule is Cc1ccc([C@H](Nc2nsnc2Nc2ccc(C(F)(F)F)c(C(=O)N(C)C3CCN(C)CC3)c2O)C(C)(C)C)o1. The summed E-state index contributed by atoms with van der Waals surface area (Å²) in [5.41, 5.74) is -2.39. The molecule has 0 bridgehead atoms. The number of carbonyl (C=O) groups is 1. The van der Waals surface area contributed by atoms with Crippen molar-refractivity contribution in [1.29, 1.82) is 0 Å². The van der Waals surface area contributed by atoms with Crippen LogP contribution in [0.25, 0.3) is 0 Å². The lowest BCUT2D eigenvalue weighted by Crippen LogP contribution is -2.44. The molecule has 13 heteroatoms. The van der Waals surface area contributed by atoms with E-state index in [1.165, 1.54) is 11.9 Å². The first-order valence-electron chi connectivity index (χ1n) is 13.0. The van der Waals surface area contributed by atoms with E-state index in [1.54, 1.807) is 0 Å². The van der Waals surface area contributed by atoms with Crippen LogP contribution in [0.15, 0.2) is 28.7 Å². The zero-order valence-electron chi connectivity index (χ0n) is 23.4. The fourth-order valence-corrected chi connectivity index (χ4v) is 5.30. The number of furan rings is 1. The van der Waals surface area contributed by atoms with Gasteiger partial charge in [0, 0.05) is 13.1 Å². The summed E-state index contributed by atoms with van der Waals surface area (Å²) < 4.78 is 56.4. The molecule has 1 fully saturated rings. The Kier molecular flexibility index (Phi) is 8.36. The third-order valence-electron chi connectivity index (χ3n) is 7.19. The van der Waals surface area contributed by atoms with E-state index in [9.17, 15) is 23.1 Å². The van der Waals surface area contributed by atoms with E-state index in [-0.39, 0.29) is 29.0 Å². The number of halogens is 3. The van der Waals surface area contributed by atoms with Gasteiger partial charge in [0.1, 0.15) is 11.5 Å². The highest BCUT2D eigenvalue weighted by Crippen LogP contribution is 2.43. The number of benzene rings is 1. The predicted molar refractivity (Wildman–Crippen MR) is 148 cm³/mol. The van der Waals surface area contributed by atoms with E-state index in [1.807, 2.05) is 46.9 Å². The largest absolute Gasteiger partial charge is 0.505 e. The lowest BCUT2D eigenvalue weighted by Gasteiger charge is -2.35. The smallest absolute Gasteiger partial charge is 0.417 e. The standard InChI is InChI=1S/C27H35F3N6O3S/c1-15-7-10-19(39-15)22(26(2,3)4)32-24-23(33-40-34-24)31-18-9-8-17(27(28,29)30)20(21(18)37)25(38)36(6)16-11-13-35(5)14-12-16/h7-10,16,22,37H,11-14H2,1-6H3,(H,31,33)(H,32,34)/t22-/m0/s1. The fraction of sp³-hybridized carbons (Fsp3) is 0.519. The summed E-state index contributed by atoms with van der Waals surface area (Å²) in [6.45, 7) is 9.36. The van der Waals surface area contributed by atoms with Gasteiger partial charge in [-0.25, -0.2) is 0 Å². The minimum Gasteiger partial charge on any atom is -0.505 e. The number of hydrogen-bond donors (Lipinski definition) is 3. The van der Waals surface area contributed by atoms with Crippen molar-refractivity contribution in [2.24, 2.45) is 5.41 Å². The summed E-state index contributed by atoms with van der Waals surface area (Å²) in [6, 6.07) is 5.06. The number of alkyl halides is 3. The van der Waals surface area contributed by atoms with Gasteiger partial charge >= 0.3 is 6.18 Å². The second-order valence-electron chi connectivity index (χ2n) is 11.3. The zero-order chi connectivity index (χ0) is 29.4. The summed E-state index contributed by atoms with van der Waals surface area (Å²) in [5, 5.41) is 17.3. The van der Waals surface area contributed by atoms with Crippen LogP contribution in [0.2, 0.25) is 0 Å². The maximum absolute atomic E-state index is 14.0. The summed E-state index contributed by atoms with van der Waals surface area (Å²) in [4.78, 5) is 16.8. The Morgan fingerprint density at radius 3 is 2.38 bits per heavy atom. The van der Waals surface area contributed by atoms with Crippen molar-refractivity contribution in [3.8, 4) is 5.75 Å². The lowest BCUT2D eigenvalue weighted by atomic mass is 9.85. The third kappa shape index (κ3) is 6.35. The molecule has 2 aromatic heterocycles. The van der Waals surface area contributed by atoms with Gasteiger partial charge in [-0.3, -0.25) is 4.79 Å². The Labute approximate surface area is 235 Å². The van der Waals surface area contributed by atoms with Crippen molar-refractivity contribution in [3.63, 3.8) is 0 Å². The number of anilines is 3. The molecule has 0 aliphatic carbocycles. The van der Waals surface area contributed by atoms with Crippen molar-refractivity contribution < 1.29 is 27.5 Å². The number of aryl methyl sites for hydroxylation is 1. The molecule has 0 radical (unpaired) electrons. The van der Waals surface area contributed by atoms with Crippen molar-refractivity contribution in [3.05, 3.63) is 46.9 Å². The summed E-state index contributed by atoms with van der Waals surface area (Å²) in [5.74, 6) is 0.268. The van der Waals surface area contributed by atoms with Gasteiger partial charge in [-0.15, -0.1) is 0 Å². The highest BCUT2D eigenvalue weighted by Gasteiger charge is 2.40. The van der Waals surface area contributed by atoms with Crippen molar-refractivity contribution in [2.45, 2.75) is 58.8 Å². The number of amides is 1. The molecule has 9 nitrogen and oxygen atoms in total. The molecule has 0 saturated carbocycles. The number of aromatic nitrogens is 2. The highest BCUT2D eigenvalue weighted by molar-refractivity contribution is 6.99. The number of nitrogens with zero attached hydrogens (tertiary/aromatic N) is 4. The quantitative estimate of drug-likeness (QED) is 0.281. The van der Waals surface area contributed by atoms with E-state index < -0.39 is 29.0 Å². The summed E-state index contributed by atoms with van der Waals surface area (Å²) in [7, 11) is 3.43. The molecule has 1 aliphatic rings. The molecule has 1 amide bonds. The molecule has 218 valence electrons. The van der Waals surface area contributed by atoms with Gasteiger partial charge in [0.2, 0.25) is 0 Å². The molecule has 40 heavy (non-hydrogen) atoms. The van der Waals surface area contributed by atoms with Crippen LogP contribution < -0.4 is 10.6 Å². The van der Waals surface area contributed by atoms with Crippen LogP contribution in [0.5, 0.6) is 5.75 Å². The van der Waals surface area contributed by atoms with Crippen LogP contribution in [0.3, 0.4) is 0 Å². The Bertz CT molecular complexity index is 1340. The van der Waals surface area contributed by atoms with Gasteiger partial charge in [-0.05, 0) is 69.6 Å². The highest BCUT2D eigenvalue weighted by atomic mass is 32.1. The van der Waals surface area contributed by atoms with Crippen LogP contribution in [-0.2, 0) is 6.18 Å². The first-order valence-corrected chi connectivity index (χ1v) is 13.7. The fourth-order valence-electron chi connectivity index (χ4n) is 4.82. The number of piperidine rings is 1. The third-order valence-corrected chi connectivity index (χ3v) is 7.72. The van der Waals surface area contributed by atoms with Crippen LogP contribution in [0.1, 0.15) is 67.1 Å². The molecule has 3 heterocycles. The molecule has 1 atom stereocenters. The number of phenols is 1. The van der Waals surface area contributed by atoms with Gasteiger partial charge < -0.3 is 30.0 Å². The second-order valence-corrected chi connectivity index (χ2v) is 11.8. The number of carbonyl (C=O) groups excluding carboxylic acids is 1. The minimum atomic E-state index is -4.84. The summed E-state index contributed by atoms with van der Waals surface area (Å²) in [6.07, 6.45) is -3.59. The number of nitrogens with one attached hydrogen (secondary N) is 2. The maximum Gasteiger partial charge on any atom is 0.417 e. The minimum absolute atomic E-state index is 0.0926. The molecule has 4 rings (SSSR count). The average molecular weight is 581 g/mol. The molecular weight excluding hydrogens is 545 g/mol. The number of aromatic hydroxyl groups is 1. The van der Waals surface area contributed by atoms with E-state index in [0.29, 0.717) is 24.4 Å². The molecule has 1 aromatic carbocycles. The van der Waals surface area contributed by atoms with Gasteiger partial charge in [0.05, 0.1) is 34.6 Å². The molecule has 0 unspecified atom stereocenters. The number of phenolic OH excluding ortho intramolecular Hbond substituents is 1. The number of rotatable bonds is 7. The Hall–Kier alpha value is -3.32. The first-order chi connectivity index (χ1) is 18.7. The molecular formula is C27H35F3N6O3S. The maximum atomic E-state index is 14.0. The van der Waals surface area contributed by atoms with Gasteiger partial charge in [-0.2, -0.15) is 21.9 Å². The molecule has 3 N–H and O–H groups in total. The second kappa shape index (κ2) is 11.3. The van der Waals surface area contributed by atoms with E-state index >= 15 is 0 Å². The number of hydrogen-bond acceptors (Lipinski definition) is 9. The van der Waals surface area contributed by atoms with Crippen LogP contribution in [-0.4, -0.2) is 62.8 Å². The van der Waals surface area contributed by atoms with Crippen molar-refractivity contribution in [2.75, 3.05) is 37.8 Å². The van der Waals surface area contributed by atoms with Crippen LogP contribution in [0.4, 0.5) is 30.5 Å².